The van der Waals surface area contributed by atoms with Crippen molar-refractivity contribution in [3.05, 3.63) is 54.1 Å². The highest BCUT2D eigenvalue weighted by Crippen LogP contribution is 2.29. The van der Waals surface area contributed by atoms with Crippen molar-refractivity contribution < 1.29 is 24.2 Å². The minimum Gasteiger partial charge on any atom is -0.488 e. The number of ether oxygens (including phenoxy) is 1. The molecule has 38 heavy (non-hydrogen) atoms. The lowest BCUT2D eigenvalue weighted by molar-refractivity contribution is -0.134. The number of urea groups is 2. The van der Waals surface area contributed by atoms with E-state index >= 15 is 0 Å². The maximum atomic E-state index is 13.3. The normalized spacial score (nSPS) is 18.3. The summed E-state index contributed by atoms with van der Waals surface area (Å²) in [6, 6.07) is 13.3. The van der Waals surface area contributed by atoms with Crippen molar-refractivity contribution in [1.82, 2.24) is 15.1 Å². The van der Waals surface area contributed by atoms with Gasteiger partial charge in [-0.15, -0.1) is 0 Å². The van der Waals surface area contributed by atoms with Gasteiger partial charge in [0.15, 0.2) is 0 Å². The Morgan fingerprint density at radius 1 is 1.11 bits per heavy atom. The Hall–Kier alpha value is -3.79. The summed E-state index contributed by atoms with van der Waals surface area (Å²) in [5.41, 5.74) is 1.77. The van der Waals surface area contributed by atoms with Crippen LogP contribution < -0.4 is 20.7 Å². The third kappa shape index (κ3) is 7.85. The maximum absolute atomic E-state index is 13.3. The van der Waals surface area contributed by atoms with Gasteiger partial charge >= 0.3 is 12.1 Å². The second kappa shape index (κ2) is 13.1. The number of hydrogen-bond donors (Lipinski definition) is 4. The van der Waals surface area contributed by atoms with E-state index in [0.29, 0.717) is 35.8 Å². The molecule has 1 aliphatic heterocycles. The third-order valence-corrected chi connectivity index (χ3v) is 6.42. The Bertz CT molecular complexity index is 1110. The van der Waals surface area contributed by atoms with Gasteiger partial charge in [-0.2, -0.15) is 0 Å². The number of nitrogens with one attached hydrogen (secondary N) is 3. The molecular weight excluding hydrogens is 486 g/mol. The number of anilines is 2. The van der Waals surface area contributed by atoms with Crippen LogP contribution in [0.25, 0.3) is 0 Å². The van der Waals surface area contributed by atoms with E-state index in [4.69, 9.17) is 4.74 Å². The lowest BCUT2D eigenvalue weighted by Gasteiger charge is -2.34. The van der Waals surface area contributed by atoms with Gasteiger partial charge < -0.3 is 35.6 Å². The van der Waals surface area contributed by atoms with E-state index in [1.165, 1.54) is 0 Å². The minimum absolute atomic E-state index is 0.00641. The first-order chi connectivity index (χ1) is 18.1. The Labute approximate surface area is 224 Å². The molecule has 1 aliphatic rings. The van der Waals surface area contributed by atoms with E-state index in [0.717, 1.165) is 0 Å². The lowest BCUT2D eigenvalue weighted by Crippen LogP contribution is -2.49. The van der Waals surface area contributed by atoms with Crippen LogP contribution in [0.4, 0.5) is 21.0 Å². The second-order valence-corrected chi connectivity index (χ2v) is 10.1. The van der Waals surface area contributed by atoms with Crippen LogP contribution in [-0.4, -0.2) is 77.8 Å². The molecule has 0 unspecified atom stereocenters. The molecule has 2 aromatic rings. The number of aliphatic hydroxyl groups is 1. The number of carbonyl (C=O) groups excluding carboxylic acids is 3. The molecule has 3 rings (SSSR count). The van der Waals surface area contributed by atoms with Crippen molar-refractivity contribution in [2.75, 3.05) is 37.4 Å². The summed E-state index contributed by atoms with van der Waals surface area (Å²) in [7, 11) is 1.71. The fourth-order valence-corrected chi connectivity index (χ4v) is 4.25. The number of fused-ring (bicyclic) bond motifs is 1. The van der Waals surface area contributed by atoms with E-state index in [1.807, 2.05) is 39.0 Å². The van der Waals surface area contributed by atoms with E-state index in [1.54, 1.807) is 54.1 Å². The van der Waals surface area contributed by atoms with Gasteiger partial charge in [0.2, 0.25) is 5.91 Å². The fraction of sp³-hybridized carbons (Fsp3) is 0.464. The van der Waals surface area contributed by atoms with Crippen molar-refractivity contribution in [3.8, 4) is 5.75 Å². The van der Waals surface area contributed by atoms with Crippen LogP contribution in [-0.2, 0) is 11.2 Å². The zero-order chi connectivity index (χ0) is 27.8. The van der Waals surface area contributed by atoms with E-state index < -0.39 is 12.1 Å². The molecular formula is C28H39N5O5. The molecule has 1 heterocycles. The van der Waals surface area contributed by atoms with Crippen LogP contribution >= 0.6 is 0 Å². The first-order valence-electron chi connectivity index (χ1n) is 12.9. The van der Waals surface area contributed by atoms with Gasteiger partial charge in [0, 0.05) is 42.5 Å². The maximum Gasteiger partial charge on any atom is 0.323 e. The average Bonchev–Trinajstić information content (AvgIpc) is 2.91. The summed E-state index contributed by atoms with van der Waals surface area (Å²) >= 11 is 0. The third-order valence-electron chi connectivity index (χ3n) is 6.42. The molecule has 10 heteroatoms. The Morgan fingerprint density at radius 3 is 2.45 bits per heavy atom. The number of hydrogen-bond acceptors (Lipinski definition) is 5. The van der Waals surface area contributed by atoms with Gasteiger partial charge in [0.05, 0.1) is 25.6 Å². The monoisotopic (exact) mass is 525 g/mol. The molecule has 0 radical (unpaired) electrons. The van der Waals surface area contributed by atoms with Crippen molar-refractivity contribution in [3.63, 3.8) is 0 Å². The summed E-state index contributed by atoms with van der Waals surface area (Å²) < 4.78 is 6.43. The van der Waals surface area contributed by atoms with E-state index in [2.05, 4.69) is 16.0 Å². The minimum atomic E-state index is -0.420. The zero-order valence-corrected chi connectivity index (χ0v) is 22.7. The summed E-state index contributed by atoms with van der Waals surface area (Å²) in [6.45, 7) is 8.05. The van der Waals surface area contributed by atoms with Gasteiger partial charge in [0.25, 0.3) is 0 Å². The van der Waals surface area contributed by atoms with Crippen molar-refractivity contribution in [2.24, 2.45) is 5.92 Å². The first kappa shape index (κ1) is 28.8. The van der Waals surface area contributed by atoms with Gasteiger partial charge in [-0.25, -0.2) is 9.59 Å². The Balaban J connectivity index is 1.87. The van der Waals surface area contributed by atoms with Crippen molar-refractivity contribution in [2.45, 2.75) is 52.3 Å². The van der Waals surface area contributed by atoms with Crippen LogP contribution in [0.5, 0.6) is 5.75 Å². The molecule has 5 amide bonds. The van der Waals surface area contributed by atoms with Crippen LogP contribution in [0, 0.1) is 5.92 Å². The number of likely N-dealkylation sites (N-methyl/N-ethyl adjacent to an activating group) is 1. The molecule has 0 aliphatic carbocycles. The van der Waals surface area contributed by atoms with Gasteiger partial charge in [0.1, 0.15) is 11.9 Å². The molecule has 3 atom stereocenters. The Morgan fingerprint density at radius 2 is 1.79 bits per heavy atom. The number of aliphatic hydroxyl groups excluding tert-OH is 1. The summed E-state index contributed by atoms with van der Waals surface area (Å²) in [5.74, 6) is 0.226. The molecule has 0 saturated heterocycles. The molecule has 0 fully saturated rings. The van der Waals surface area contributed by atoms with Crippen molar-refractivity contribution in [1.29, 1.82) is 0 Å². The van der Waals surface area contributed by atoms with Crippen LogP contribution in [0.2, 0.25) is 0 Å². The number of amides is 5. The molecule has 0 saturated carbocycles. The molecule has 206 valence electrons. The fourth-order valence-electron chi connectivity index (χ4n) is 4.25. The highest BCUT2D eigenvalue weighted by molar-refractivity contribution is 5.99. The average molecular weight is 526 g/mol. The van der Waals surface area contributed by atoms with Gasteiger partial charge in [-0.1, -0.05) is 25.1 Å². The molecule has 4 N–H and O–H groups in total. The van der Waals surface area contributed by atoms with Gasteiger partial charge in [-0.3, -0.25) is 4.79 Å². The second-order valence-electron chi connectivity index (χ2n) is 10.1. The molecule has 0 bridgehead atoms. The van der Waals surface area contributed by atoms with E-state index in [9.17, 15) is 19.5 Å². The van der Waals surface area contributed by atoms with E-state index in [-0.39, 0.29) is 43.0 Å². The molecule has 0 aromatic heterocycles. The standard InChI is InChI=1S/C28H39N5O5/c1-18(2)29-28(37)32(5)16-25-19(3)15-33(20(4)17-34)26(35)14-21-13-23(11-12-24(21)38-25)31-27(36)30-22-9-7-6-8-10-22/h6-13,18-20,25,34H,14-17H2,1-5H3,(H,29,37)(H2,30,31,36)/t19-,20-,25-/m1/s1. The van der Waals surface area contributed by atoms with Gasteiger partial charge in [-0.05, 0) is 51.1 Å². The van der Waals surface area contributed by atoms with Crippen LogP contribution in [0.3, 0.4) is 0 Å². The number of para-hydroxylation sites is 1. The molecule has 0 spiro atoms. The summed E-state index contributed by atoms with van der Waals surface area (Å²) in [6.07, 6.45) is -0.380. The quantitative estimate of drug-likeness (QED) is 0.440. The summed E-state index contributed by atoms with van der Waals surface area (Å²) in [4.78, 5) is 41.7. The predicted molar refractivity (Wildman–Crippen MR) is 147 cm³/mol. The molecule has 10 nitrogen and oxygen atoms in total. The molecule has 2 aromatic carbocycles. The number of carbonyl (C=O) groups is 3. The van der Waals surface area contributed by atoms with Crippen LogP contribution in [0.15, 0.2) is 48.5 Å². The largest absolute Gasteiger partial charge is 0.488 e. The zero-order valence-electron chi connectivity index (χ0n) is 22.7. The highest BCUT2D eigenvalue weighted by Gasteiger charge is 2.32. The number of nitrogens with zero attached hydrogens (tertiary/aromatic N) is 2. The first-order valence-corrected chi connectivity index (χ1v) is 12.9. The Kier molecular flexibility index (Phi) is 9.95. The smallest absolute Gasteiger partial charge is 0.323 e. The lowest BCUT2D eigenvalue weighted by atomic mass is 10.0. The topological polar surface area (TPSA) is 123 Å². The number of benzene rings is 2. The highest BCUT2D eigenvalue weighted by atomic mass is 16.5. The summed E-state index contributed by atoms with van der Waals surface area (Å²) in [5, 5.41) is 18.3. The predicted octanol–water partition coefficient (Wildman–Crippen LogP) is 3.53. The SMILES string of the molecule is CC(C)NC(=O)N(C)C[C@H]1Oc2ccc(NC(=O)Nc3ccccc3)cc2CC(=O)N([C@H](C)CO)C[C@H]1C. The van der Waals surface area contributed by atoms with Crippen LogP contribution in [0.1, 0.15) is 33.3 Å². The number of rotatable bonds is 7. The van der Waals surface area contributed by atoms with Crippen molar-refractivity contribution >= 4 is 29.3 Å².